The number of aromatic nitrogens is 2. The second-order valence-electron chi connectivity index (χ2n) is 7.23. The normalized spacial score (nSPS) is 10.9. The summed E-state index contributed by atoms with van der Waals surface area (Å²) in [6, 6.07) is 14.7. The molecule has 0 fully saturated rings. The van der Waals surface area contributed by atoms with E-state index in [2.05, 4.69) is 32.3 Å². The maximum atomic E-state index is 13.0. The Labute approximate surface area is 187 Å². The summed E-state index contributed by atoms with van der Waals surface area (Å²) in [6.07, 6.45) is 0.335. The lowest BCUT2D eigenvalue weighted by atomic mass is 10.1. The van der Waals surface area contributed by atoms with Crippen LogP contribution in [0.25, 0.3) is 10.9 Å². The Morgan fingerprint density at radius 1 is 1.27 bits per heavy atom. The summed E-state index contributed by atoms with van der Waals surface area (Å²) in [4.78, 5) is 30.1. The highest BCUT2D eigenvalue weighted by molar-refractivity contribution is 9.10. The average molecular weight is 485 g/mol. The van der Waals surface area contributed by atoms with Crippen molar-refractivity contribution >= 4 is 50.2 Å². The molecule has 0 aliphatic rings. The molecule has 1 N–H and O–H groups in total. The Bertz CT molecular complexity index is 1170. The van der Waals surface area contributed by atoms with Crippen LogP contribution in [0, 0.1) is 17.2 Å². The van der Waals surface area contributed by atoms with Gasteiger partial charge in [-0.25, -0.2) is 4.98 Å². The van der Waals surface area contributed by atoms with Gasteiger partial charge in [0.2, 0.25) is 5.91 Å². The zero-order valence-electron chi connectivity index (χ0n) is 16.7. The number of thioether (sulfide) groups is 1. The molecule has 3 rings (SSSR count). The molecule has 0 spiro atoms. The van der Waals surface area contributed by atoms with Crippen molar-refractivity contribution in [3.05, 3.63) is 62.9 Å². The van der Waals surface area contributed by atoms with E-state index in [0.717, 1.165) is 10.0 Å². The number of benzene rings is 2. The summed E-state index contributed by atoms with van der Waals surface area (Å²) in [6.45, 7) is 4.60. The quantitative estimate of drug-likeness (QED) is 0.390. The predicted octanol–water partition coefficient (Wildman–Crippen LogP) is 4.61. The van der Waals surface area contributed by atoms with Gasteiger partial charge in [0.05, 0.1) is 29.1 Å². The lowest BCUT2D eigenvalue weighted by Gasteiger charge is -2.15. The van der Waals surface area contributed by atoms with Crippen molar-refractivity contribution < 1.29 is 4.79 Å². The van der Waals surface area contributed by atoms with E-state index in [1.54, 1.807) is 28.8 Å². The minimum Gasteiger partial charge on any atom is -0.325 e. The van der Waals surface area contributed by atoms with E-state index in [-0.39, 0.29) is 23.1 Å². The smallest absolute Gasteiger partial charge is 0.262 e. The van der Waals surface area contributed by atoms with Crippen LogP contribution in [0.3, 0.4) is 0 Å². The molecule has 0 radical (unpaired) electrons. The molecule has 0 aliphatic heterocycles. The number of nitrogens with one attached hydrogen (secondary N) is 1. The van der Waals surface area contributed by atoms with Crippen LogP contribution in [0.4, 0.5) is 5.69 Å². The van der Waals surface area contributed by atoms with Gasteiger partial charge in [-0.2, -0.15) is 5.26 Å². The van der Waals surface area contributed by atoms with Gasteiger partial charge in [-0.1, -0.05) is 53.7 Å². The van der Waals surface area contributed by atoms with Crippen LogP contribution < -0.4 is 10.9 Å². The highest BCUT2D eigenvalue weighted by Crippen LogP contribution is 2.22. The van der Waals surface area contributed by atoms with E-state index in [1.165, 1.54) is 11.8 Å². The highest BCUT2D eigenvalue weighted by Gasteiger charge is 2.15. The molecule has 1 aromatic heterocycles. The molecular weight excluding hydrogens is 464 g/mol. The maximum absolute atomic E-state index is 13.0. The molecule has 0 bridgehead atoms. The largest absolute Gasteiger partial charge is 0.325 e. The third kappa shape index (κ3) is 5.49. The number of rotatable bonds is 7. The molecule has 1 amide bonds. The van der Waals surface area contributed by atoms with Crippen molar-refractivity contribution in [1.29, 1.82) is 5.26 Å². The number of nitrogens with zero attached hydrogens (tertiary/aromatic N) is 3. The van der Waals surface area contributed by atoms with E-state index in [0.29, 0.717) is 34.7 Å². The van der Waals surface area contributed by atoms with E-state index in [9.17, 15) is 9.59 Å². The van der Waals surface area contributed by atoms with Gasteiger partial charge in [-0.05, 0) is 41.8 Å². The molecule has 0 saturated carbocycles. The van der Waals surface area contributed by atoms with Crippen LogP contribution in [-0.4, -0.2) is 21.2 Å². The third-order valence-electron chi connectivity index (χ3n) is 4.28. The molecule has 0 unspecified atom stereocenters. The second-order valence-corrected chi connectivity index (χ2v) is 9.09. The standard InChI is InChI=1S/C22H21BrN4O2S/c1-14(2)12-27-21(29)18-11-16(23)5-8-19(18)26-22(27)30-13-20(28)25-17-6-3-15(4-7-17)9-10-24/h3-8,11,14H,9,12-13H2,1-2H3,(H,25,28). The molecule has 2 aromatic carbocycles. The van der Waals surface area contributed by atoms with Crippen molar-refractivity contribution in [3.8, 4) is 6.07 Å². The Morgan fingerprint density at radius 3 is 2.67 bits per heavy atom. The first-order valence-electron chi connectivity index (χ1n) is 9.46. The number of hydrogen-bond donors (Lipinski definition) is 1. The molecular formula is C22H21BrN4O2S. The van der Waals surface area contributed by atoms with Gasteiger partial charge in [0, 0.05) is 16.7 Å². The van der Waals surface area contributed by atoms with Crippen LogP contribution in [0.15, 0.2) is 56.9 Å². The Kier molecular flexibility index (Phi) is 7.29. The lowest BCUT2D eigenvalue weighted by Crippen LogP contribution is -2.26. The summed E-state index contributed by atoms with van der Waals surface area (Å²) >= 11 is 4.65. The SMILES string of the molecule is CC(C)Cn1c(SCC(=O)Nc2ccc(CC#N)cc2)nc2ccc(Br)cc2c1=O. The second kappa shape index (κ2) is 9.92. The van der Waals surface area contributed by atoms with Crippen LogP contribution in [0.2, 0.25) is 0 Å². The van der Waals surface area contributed by atoms with Gasteiger partial charge in [0.25, 0.3) is 5.56 Å². The zero-order valence-corrected chi connectivity index (χ0v) is 19.1. The highest BCUT2D eigenvalue weighted by atomic mass is 79.9. The van der Waals surface area contributed by atoms with Crippen LogP contribution in [0.1, 0.15) is 19.4 Å². The van der Waals surface area contributed by atoms with Crippen molar-refractivity contribution in [3.63, 3.8) is 0 Å². The number of halogens is 1. The monoisotopic (exact) mass is 484 g/mol. The summed E-state index contributed by atoms with van der Waals surface area (Å²) in [5.74, 6) is 0.204. The number of carbonyl (C=O) groups excluding carboxylic acids is 1. The lowest BCUT2D eigenvalue weighted by molar-refractivity contribution is -0.113. The van der Waals surface area contributed by atoms with Gasteiger partial charge in [0.1, 0.15) is 0 Å². The Balaban J connectivity index is 1.78. The first-order chi connectivity index (χ1) is 14.4. The van der Waals surface area contributed by atoms with Crippen molar-refractivity contribution in [2.75, 3.05) is 11.1 Å². The minimum atomic E-state index is -0.186. The molecule has 1 heterocycles. The topological polar surface area (TPSA) is 87.8 Å². The molecule has 154 valence electrons. The molecule has 3 aromatic rings. The average Bonchev–Trinajstić information content (AvgIpc) is 2.71. The zero-order chi connectivity index (χ0) is 21.7. The molecule has 0 atom stereocenters. The van der Waals surface area contributed by atoms with Gasteiger partial charge >= 0.3 is 0 Å². The maximum Gasteiger partial charge on any atom is 0.262 e. The molecule has 30 heavy (non-hydrogen) atoms. The van der Waals surface area contributed by atoms with E-state index >= 15 is 0 Å². The summed E-state index contributed by atoms with van der Waals surface area (Å²) in [5.41, 5.74) is 2.07. The number of hydrogen-bond acceptors (Lipinski definition) is 5. The van der Waals surface area contributed by atoms with E-state index in [4.69, 9.17) is 5.26 Å². The van der Waals surface area contributed by atoms with E-state index < -0.39 is 0 Å². The molecule has 0 aliphatic carbocycles. The van der Waals surface area contributed by atoms with Crippen LogP contribution in [0.5, 0.6) is 0 Å². The van der Waals surface area contributed by atoms with Crippen molar-refractivity contribution in [1.82, 2.24) is 9.55 Å². The Morgan fingerprint density at radius 2 is 2.00 bits per heavy atom. The predicted molar refractivity (Wildman–Crippen MR) is 124 cm³/mol. The van der Waals surface area contributed by atoms with E-state index in [1.807, 2.05) is 32.0 Å². The number of fused-ring (bicyclic) bond motifs is 1. The number of carbonyl (C=O) groups is 1. The van der Waals surface area contributed by atoms with Crippen LogP contribution in [-0.2, 0) is 17.8 Å². The summed E-state index contributed by atoms with van der Waals surface area (Å²) in [5, 5.41) is 12.7. The summed E-state index contributed by atoms with van der Waals surface area (Å²) < 4.78 is 2.47. The third-order valence-corrected chi connectivity index (χ3v) is 5.75. The minimum absolute atomic E-state index is 0.106. The number of amides is 1. The fourth-order valence-electron chi connectivity index (χ4n) is 2.93. The van der Waals surface area contributed by atoms with Crippen molar-refractivity contribution in [2.45, 2.75) is 32.0 Å². The summed E-state index contributed by atoms with van der Waals surface area (Å²) in [7, 11) is 0. The number of nitriles is 1. The van der Waals surface area contributed by atoms with Gasteiger partial charge in [0.15, 0.2) is 5.16 Å². The fraction of sp³-hybridized carbons (Fsp3) is 0.273. The van der Waals surface area contributed by atoms with Crippen LogP contribution >= 0.6 is 27.7 Å². The fourth-order valence-corrected chi connectivity index (χ4v) is 4.10. The first-order valence-corrected chi connectivity index (χ1v) is 11.2. The van der Waals surface area contributed by atoms with Gasteiger partial charge in [-0.15, -0.1) is 0 Å². The number of anilines is 1. The van der Waals surface area contributed by atoms with Gasteiger partial charge in [-0.3, -0.25) is 14.2 Å². The first kappa shape index (κ1) is 22.1. The molecule has 6 nitrogen and oxygen atoms in total. The van der Waals surface area contributed by atoms with Gasteiger partial charge < -0.3 is 5.32 Å². The Hall–Kier alpha value is -2.63. The molecule has 8 heteroatoms. The molecule has 0 saturated heterocycles. The van der Waals surface area contributed by atoms with Crippen molar-refractivity contribution in [2.24, 2.45) is 5.92 Å².